The summed E-state index contributed by atoms with van der Waals surface area (Å²) in [6.45, 7) is 6.52. The molecule has 0 fully saturated rings. The van der Waals surface area contributed by atoms with Crippen LogP contribution in [0.15, 0.2) is 16.8 Å². The van der Waals surface area contributed by atoms with Crippen molar-refractivity contribution in [2.45, 2.75) is 27.2 Å². The first-order chi connectivity index (χ1) is 7.00. The second-order valence-corrected chi connectivity index (χ2v) is 4.39. The van der Waals surface area contributed by atoms with Gasteiger partial charge < -0.3 is 5.73 Å². The molecule has 3 N–H and O–H groups in total. The SMILES string of the molecule is CC1=C[C@H](C)[C@@H](/C=N\NC(N)=O)[C@H](C)C1. The molecule has 1 rings (SSSR count). The zero-order valence-corrected chi connectivity index (χ0v) is 9.53. The van der Waals surface area contributed by atoms with Gasteiger partial charge in [-0.25, -0.2) is 10.2 Å². The Balaban J connectivity index is 2.61. The van der Waals surface area contributed by atoms with E-state index in [9.17, 15) is 4.79 Å². The van der Waals surface area contributed by atoms with E-state index < -0.39 is 6.03 Å². The minimum atomic E-state index is -0.617. The zero-order valence-electron chi connectivity index (χ0n) is 9.53. The normalized spacial score (nSPS) is 31.4. The second kappa shape index (κ2) is 4.96. The van der Waals surface area contributed by atoms with Crippen molar-refractivity contribution in [2.75, 3.05) is 0 Å². The van der Waals surface area contributed by atoms with Gasteiger partial charge in [-0.2, -0.15) is 5.10 Å². The minimum absolute atomic E-state index is 0.376. The molecule has 0 unspecified atom stereocenters. The van der Waals surface area contributed by atoms with Crippen molar-refractivity contribution in [1.82, 2.24) is 5.43 Å². The van der Waals surface area contributed by atoms with Crippen molar-refractivity contribution in [1.29, 1.82) is 0 Å². The summed E-state index contributed by atoms with van der Waals surface area (Å²) in [5.74, 6) is 1.40. The number of rotatable bonds is 2. The number of allylic oxidation sites excluding steroid dienone is 2. The molecule has 0 aromatic rings. The second-order valence-electron chi connectivity index (χ2n) is 4.39. The van der Waals surface area contributed by atoms with Gasteiger partial charge in [-0.15, -0.1) is 0 Å². The smallest absolute Gasteiger partial charge is 0.332 e. The first kappa shape index (κ1) is 11.8. The van der Waals surface area contributed by atoms with E-state index in [2.05, 4.69) is 37.4 Å². The number of hydrazone groups is 1. The van der Waals surface area contributed by atoms with Crippen molar-refractivity contribution in [2.24, 2.45) is 28.6 Å². The molecule has 2 amide bonds. The van der Waals surface area contributed by atoms with Crippen LogP contribution in [0.2, 0.25) is 0 Å². The van der Waals surface area contributed by atoms with E-state index >= 15 is 0 Å². The van der Waals surface area contributed by atoms with Gasteiger partial charge in [-0.1, -0.05) is 25.5 Å². The number of nitrogens with one attached hydrogen (secondary N) is 1. The van der Waals surface area contributed by atoms with E-state index in [0.29, 0.717) is 17.8 Å². The molecule has 4 heteroatoms. The molecule has 0 saturated heterocycles. The van der Waals surface area contributed by atoms with Crippen LogP contribution in [-0.4, -0.2) is 12.2 Å². The highest BCUT2D eigenvalue weighted by molar-refractivity contribution is 5.73. The molecule has 15 heavy (non-hydrogen) atoms. The van der Waals surface area contributed by atoms with Crippen LogP contribution < -0.4 is 11.2 Å². The van der Waals surface area contributed by atoms with Gasteiger partial charge in [-0.05, 0) is 25.2 Å². The third-order valence-electron chi connectivity index (χ3n) is 2.88. The van der Waals surface area contributed by atoms with E-state index in [0.717, 1.165) is 6.42 Å². The Morgan fingerprint density at radius 2 is 2.33 bits per heavy atom. The predicted octanol–water partition coefficient (Wildman–Crippen LogP) is 1.88. The maximum Gasteiger partial charge on any atom is 0.332 e. The van der Waals surface area contributed by atoms with Gasteiger partial charge in [0.1, 0.15) is 0 Å². The van der Waals surface area contributed by atoms with Crippen molar-refractivity contribution < 1.29 is 4.79 Å². The Kier molecular flexibility index (Phi) is 3.88. The van der Waals surface area contributed by atoms with Crippen LogP contribution in [0.4, 0.5) is 4.79 Å². The van der Waals surface area contributed by atoms with Crippen molar-refractivity contribution in [3.8, 4) is 0 Å². The fourth-order valence-electron chi connectivity index (χ4n) is 2.26. The van der Waals surface area contributed by atoms with Crippen LogP contribution in [-0.2, 0) is 0 Å². The molecule has 84 valence electrons. The lowest BCUT2D eigenvalue weighted by Gasteiger charge is -2.29. The number of nitrogens with two attached hydrogens (primary N) is 1. The van der Waals surface area contributed by atoms with Crippen LogP contribution in [0.25, 0.3) is 0 Å². The molecule has 1 aliphatic carbocycles. The maximum atomic E-state index is 10.4. The minimum Gasteiger partial charge on any atom is -0.350 e. The number of primary amides is 1. The molecule has 0 saturated carbocycles. The van der Waals surface area contributed by atoms with Gasteiger partial charge >= 0.3 is 6.03 Å². The number of amides is 2. The Morgan fingerprint density at radius 3 is 2.87 bits per heavy atom. The molecule has 0 aliphatic heterocycles. The summed E-state index contributed by atoms with van der Waals surface area (Å²) in [5, 5.41) is 3.84. The Morgan fingerprint density at radius 1 is 1.67 bits per heavy atom. The van der Waals surface area contributed by atoms with Crippen molar-refractivity contribution >= 4 is 12.2 Å². The summed E-state index contributed by atoms with van der Waals surface area (Å²) in [7, 11) is 0. The van der Waals surface area contributed by atoms with Gasteiger partial charge in [0.25, 0.3) is 0 Å². The monoisotopic (exact) mass is 209 g/mol. The molecule has 0 bridgehead atoms. The quantitative estimate of drug-likeness (QED) is 0.407. The van der Waals surface area contributed by atoms with Crippen LogP contribution in [0.5, 0.6) is 0 Å². The molecule has 0 spiro atoms. The lowest BCUT2D eigenvalue weighted by molar-refractivity contribution is 0.249. The van der Waals surface area contributed by atoms with Crippen molar-refractivity contribution in [3.05, 3.63) is 11.6 Å². The van der Waals surface area contributed by atoms with Crippen LogP contribution >= 0.6 is 0 Å². The highest BCUT2D eigenvalue weighted by Gasteiger charge is 2.25. The molecular formula is C11H19N3O. The summed E-state index contributed by atoms with van der Waals surface area (Å²) < 4.78 is 0. The number of carbonyl (C=O) groups is 1. The first-order valence-electron chi connectivity index (χ1n) is 5.26. The fourth-order valence-corrected chi connectivity index (χ4v) is 2.26. The molecule has 4 nitrogen and oxygen atoms in total. The third kappa shape index (κ3) is 3.38. The maximum absolute atomic E-state index is 10.4. The molecule has 0 aromatic carbocycles. The number of hydrogen-bond acceptors (Lipinski definition) is 2. The average molecular weight is 209 g/mol. The van der Waals surface area contributed by atoms with Crippen molar-refractivity contribution in [3.63, 3.8) is 0 Å². The van der Waals surface area contributed by atoms with E-state index in [1.807, 2.05) is 0 Å². The Labute approximate surface area is 90.6 Å². The Hall–Kier alpha value is -1.32. The highest BCUT2D eigenvalue weighted by Crippen LogP contribution is 2.31. The lowest BCUT2D eigenvalue weighted by atomic mass is 9.76. The molecule has 0 heterocycles. The van der Waals surface area contributed by atoms with Crippen LogP contribution in [0.3, 0.4) is 0 Å². The predicted molar refractivity (Wildman–Crippen MR) is 61.4 cm³/mol. The lowest BCUT2D eigenvalue weighted by Crippen LogP contribution is -2.28. The van der Waals surface area contributed by atoms with E-state index in [4.69, 9.17) is 5.73 Å². The average Bonchev–Trinajstić information content (AvgIpc) is 2.08. The van der Waals surface area contributed by atoms with Gasteiger partial charge in [0.05, 0.1) is 0 Å². The summed E-state index contributed by atoms with van der Waals surface area (Å²) in [6, 6.07) is -0.617. The zero-order chi connectivity index (χ0) is 11.4. The largest absolute Gasteiger partial charge is 0.350 e. The highest BCUT2D eigenvalue weighted by atomic mass is 16.2. The molecule has 1 aliphatic rings. The molecule has 3 atom stereocenters. The van der Waals surface area contributed by atoms with E-state index in [1.165, 1.54) is 5.57 Å². The van der Waals surface area contributed by atoms with E-state index in [-0.39, 0.29) is 0 Å². The van der Waals surface area contributed by atoms with Gasteiger partial charge in [0.15, 0.2) is 0 Å². The number of hydrogen-bond donors (Lipinski definition) is 2. The number of carbonyl (C=O) groups excluding carboxylic acids is 1. The topological polar surface area (TPSA) is 67.5 Å². The third-order valence-corrected chi connectivity index (χ3v) is 2.88. The van der Waals surface area contributed by atoms with Crippen LogP contribution in [0, 0.1) is 17.8 Å². The molecule has 0 aromatic heterocycles. The summed E-state index contributed by atoms with van der Waals surface area (Å²) in [4.78, 5) is 10.4. The Bertz CT molecular complexity index is 296. The summed E-state index contributed by atoms with van der Waals surface area (Å²) >= 11 is 0. The number of urea groups is 1. The van der Waals surface area contributed by atoms with Gasteiger partial charge in [0, 0.05) is 12.1 Å². The van der Waals surface area contributed by atoms with Crippen LogP contribution in [0.1, 0.15) is 27.2 Å². The number of nitrogens with zero attached hydrogens (tertiary/aromatic N) is 1. The van der Waals surface area contributed by atoms with E-state index in [1.54, 1.807) is 6.21 Å². The summed E-state index contributed by atoms with van der Waals surface area (Å²) in [5.41, 5.74) is 8.59. The van der Waals surface area contributed by atoms with Gasteiger partial charge in [-0.3, -0.25) is 0 Å². The molecule has 0 radical (unpaired) electrons. The standard InChI is InChI=1S/C11H19N3O/c1-7-4-8(2)10(9(3)5-7)6-13-14-11(12)15/h4,6,8-10H,5H2,1-3H3,(H3,12,14,15)/b13-6-/t8-,9+,10+/m0/s1. The fraction of sp³-hybridized carbons (Fsp3) is 0.636. The van der Waals surface area contributed by atoms with Gasteiger partial charge in [0.2, 0.25) is 0 Å². The first-order valence-corrected chi connectivity index (χ1v) is 5.26. The summed E-state index contributed by atoms with van der Waals surface area (Å²) in [6.07, 6.45) is 5.15. The molecular weight excluding hydrogens is 190 g/mol.